The van der Waals surface area contributed by atoms with E-state index in [1.54, 1.807) is 0 Å². The Hall–Kier alpha value is -1.32. The van der Waals surface area contributed by atoms with Crippen molar-refractivity contribution < 1.29 is 26.3 Å². The Morgan fingerprint density at radius 1 is 1.36 bits per heavy atom. The van der Waals surface area contributed by atoms with Crippen LogP contribution in [0.3, 0.4) is 0 Å². The Balaban J connectivity index is 2.24. The fourth-order valence-corrected chi connectivity index (χ4v) is 4.01. The maximum atomic E-state index is 12.5. The molecule has 0 aromatic heterocycles. The van der Waals surface area contributed by atoms with Crippen LogP contribution in [0, 0.1) is 5.92 Å². The highest BCUT2D eigenvalue weighted by Gasteiger charge is 2.33. The van der Waals surface area contributed by atoms with Crippen molar-refractivity contribution in [2.45, 2.75) is 24.1 Å². The SMILES string of the molecule is NCC1CCCN(S(=O)(=O)c2cccc(OC(F)(F)F)c2)C1. The first-order valence-electron chi connectivity index (χ1n) is 6.78. The first kappa shape index (κ1) is 17.0. The van der Waals surface area contributed by atoms with Gasteiger partial charge in [0, 0.05) is 19.2 Å². The summed E-state index contributed by atoms with van der Waals surface area (Å²) in [6.45, 7) is 0.996. The number of halogens is 3. The van der Waals surface area contributed by atoms with Crippen molar-refractivity contribution in [2.24, 2.45) is 11.7 Å². The Morgan fingerprint density at radius 2 is 2.09 bits per heavy atom. The number of hydrogen-bond donors (Lipinski definition) is 1. The van der Waals surface area contributed by atoms with E-state index in [4.69, 9.17) is 5.73 Å². The van der Waals surface area contributed by atoms with E-state index in [0.717, 1.165) is 18.6 Å². The topological polar surface area (TPSA) is 72.6 Å². The Labute approximate surface area is 126 Å². The van der Waals surface area contributed by atoms with Gasteiger partial charge in [-0.05, 0) is 37.4 Å². The summed E-state index contributed by atoms with van der Waals surface area (Å²) in [6.07, 6.45) is -3.34. The van der Waals surface area contributed by atoms with Gasteiger partial charge in [-0.15, -0.1) is 13.2 Å². The molecule has 1 unspecified atom stereocenters. The molecule has 1 aromatic carbocycles. The summed E-state index contributed by atoms with van der Waals surface area (Å²) in [6, 6.07) is 4.42. The number of benzene rings is 1. The second kappa shape index (κ2) is 6.43. The molecular weight excluding hydrogens is 321 g/mol. The van der Waals surface area contributed by atoms with E-state index in [1.807, 2.05) is 0 Å². The zero-order valence-electron chi connectivity index (χ0n) is 11.7. The zero-order valence-corrected chi connectivity index (χ0v) is 12.5. The van der Waals surface area contributed by atoms with Gasteiger partial charge in [0.1, 0.15) is 5.75 Å². The van der Waals surface area contributed by atoms with Crippen LogP contribution in [0.25, 0.3) is 0 Å². The lowest BCUT2D eigenvalue weighted by atomic mass is 10.0. The van der Waals surface area contributed by atoms with Gasteiger partial charge < -0.3 is 10.5 Å². The third kappa shape index (κ3) is 4.11. The van der Waals surface area contributed by atoms with Crippen LogP contribution in [0.4, 0.5) is 13.2 Å². The number of ether oxygens (including phenoxy) is 1. The van der Waals surface area contributed by atoms with Crippen molar-refractivity contribution in [3.8, 4) is 5.75 Å². The first-order chi connectivity index (χ1) is 10.2. The molecule has 0 amide bonds. The van der Waals surface area contributed by atoms with Crippen molar-refractivity contribution in [1.29, 1.82) is 0 Å². The van der Waals surface area contributed by atoms with E-state index in [9.17, 15) is 21.6 Å². The molecule has 0 radical (unpaired) electrons. The maximum Gasteiger partial charge on any atom is 0.573 e. The van der Waals surface area contributed by atoms with Crippen molar-refractivity contribution in [3.05, 3.63) is 24.3 Å². The van der Waals surface area contributed by atoms with Gasteiger partial charge in [0.05, 0.1) is 4.90 Å². The number of alkyl halides is 3. The fraction of sp³-hybridized carbons (Fsp3) is 0.538. The summed E-state index contributed by atoms with van der Waals surface area (Å²) < 4.78 is 66.7. The molecular formula is C13H17F3N2O3S. The summed E-state index contributed by atoms with van der Waals surface area (Å²) in [5.41, 5.74) is 5.57. The molecule has 0 saturated carbocycles. The summed E-state index contributed by atoms with van der Waals surface area (Å²) in [4.78, 5) is -0.216. The average Bonchev–Trinajstić information content (AvgIpc) is 2.46. The van der Waals surface area contributed by atoms with E-state index in [2.05, 4.69) is 4.74 Å². The number of nitrogens with two attached hydrogens (primary N) is 1. The van der Waals surface area contributed by atoms with Crippen LogP contribution in [-0.4, -0.2) is 38.7 Å². The molecule has 22 heavy (non-hydrogen) atoms. The van der Waals surface area contributed by atoms with Gasteiger partial charge in [-0.3, -0.25) is 0 Å². The summed E-state index contributed by atoms with van der Waals surface area (Å²) >= 11 is 0. The van der Waals surface area contributed by atoms with Gasteiger partial charge in [0.2, 0.25) is 10.0 Å². The first-order valence-corrected chi connectivity index (χ1v) is 8.22. The molecule has 5 nitrogen and oxygen atoms in total. The molecule has 1 atom stereocenters. The van der Waals surface area contributed by atoms with E-state index in [1.165, 1.54) is 16.4 Å². The van der Waals surface area contributed by atoms with E-state index in [-0.39, 0.29) is 17.4 Å². The van der Waals surface area contributed by atoms with Crippen molar-refractivity contribution in [1.82, 2.24) is 4.31 Å². The van der Waals surface area contributed by atoms with Crippen LogP contribution < -0.4 is 10.5 Å². The molecule has 1 heterocycles. The van der Waals surface area contributed by atoms with Crippen molar-refractivity contribution in [3.63, 3.8) is 0 Å². The van der Waals surface area contributed by atoms with Crippen LogP contribution in [0.15, 0.2) is 29.2 Å². The lowest BCUT2D eigenvalue weighted by Gasteiger charge is -2.31. The molecule has 1 fully saturated rings. The average molecular weight is 338 g/mol. The highest BCUT2D eigenvalue weighted by molar-refractivity contribution is 7.89. The van der Waals surface area contributed by atoms with Gasteiger partial charge in [-0.25, -0.2) is 8.42 Å². The van der Waals surface area contributed by atoms with Crippen molar-refractivity contribution in [2.75, 3.05) is 19.6 Å². The quantitative estimate of drug-likeness (QED) is 0.911. The smallest absolute Gasteiger partial charge is 0.406 e. The Morgan fingerprint density at radius 3 is 2.73 bits per heavy atom. The van der Waals surface area contributed by atoms with Gasteiger partial charge in [0.25, 0.3) is 0 Å². The normalized spacial score (nSPS) is 20.8. The molecule has 2 N–H and O–H groups in total. The summed E-state index contributed by atoms with van der Waals surface area (Å²) in [5.74, 6) is -0.487. The molecule has 1 aliphatic rings. The van der Waals surface area contributed by atoms with Gasteiger partial charge in [-0.2, -0.15) is 4.31 Å². The number of nitrogens with zero attached hydrogens (tertiary/aromatic N) is 1. The van der Waals surface area contributed by atoms with Crippen LogP contribution in [0.5, 0.6) is 5.75 Å². The molecule has 0 aliphatic carbocycles. The van der Waals surface area contributed by atoms with Crippen molar-refractivity contribution >= 4 is 10.0 Å². The predicted octanol–water partition coefficient (Wildman–Crippen LogP) is 1.94. The molecule has 0 spiro atoms. The number of sulfonamides is 1. The summed E-state index contributed by atoms with van der Waals surface area (Å²) in [7, 11) is -3.85. The minimum absolute atomic E-state index is 0.0677. The third-order valence-corrected chi connectivity index (χ3v) is 5.35. The lowest BCUT2D eigenvalue weighted by Crippen LogP contribution is -2.41. The summed E-state index contributed by atoms with van der Waals surface area (Å²) in [5, 5.41) is 0. The van der Waals surface area contributed by atoms with E-state index >= 15 is 0 Å². The predicted molar refractivity (Wildman–Crippen MR) is 73.7 cm³/mol. The van der Waals surface area contributed by atoms with Crippen LogP contribution in [0.1, 0.15) is 12.8 Å². The largest absolute Gasteiger partial charge is 0.573 e. The minimum Gasteiger partial charge on any atom is -0.406 e. The molecule has 1 aliphatic heterocycles. The van der Waals surface area contributed by atoms with Crippen LogP contribution in [-0.2, 0) is 10.0 Å². The third-order valence-electron chi connectivity index (χ3n) is 3.49. The monoisotopic (exact) mass is 338 g/mol. The number of rotatable bonds is 4. The molecule has 2 rings (SSSR count). The highest BCUT2D eigenvalue weighted by atomic mass is 32.2. The molecule has 9 heteroatoms. The van der Waals surface area contributed by atoms with E-state index < -0.39 is 22.1 Å². The highest BCUT2D eigenvalue weighted by Crippen LogP contribution is 2.28. The minimum atomic E-state index is -4.86. The second-order valence-electron chi connectivity index (χ2n) is 5.13. The standard InChI is InChI=1S/C13H17F3N2O3S/c14-13(15,16)21-11-4-1-5-12(7-11)22(19,20)18-6-2-3-10(8-17)9-18/h1,4-5,7,10H,2-3,6,8-9,17H2. The number of piperidine rings is 1. The Bertz CT molecular complexity index is 619. The fourth-order valence-electron chi connectivity index (χ4n) is 2.42. The molecule has 124 valence electrons. The van der Waals surface area contributed by atoms with Gasteiger partial charge >= 0.3 is 6.36 Å². The maximum absolute atomic E-state index is 12.5. The molecule has 0 bridgehead atoms. The molecule has 1 aromatic rings. The lowest BCUT2D eigenvalue weighted by molar-refractivity contribution is -0.274. The Kier molecular flexibility index (Phi) is 4.98. The second-order valence-corrected chi connectivity index (χ2v) is 7.07. The molecule has 1 saturated heterocycles. The van der Waals surface area contributed by atoms with E-state index in [0.29, 0.717) is 19.5 Å². The van der Waals surface area contributed by atoms with Gasteiger partial charge in [-0.1, -0.05) is 6.07 Å². The number of hydrogen-bond acceptors (Lipinski definition) is 4. The van der Waals surface area contributed by atoms with Crippen LogP contribution in [0.2, 0.25) is 0 Å². The zero-order chi connectivity index (χ0) is 16.4. The van der Waals surface area contributed by atoms with Gasteiger partial charge in [0.15, 0.2) is 0 Å². The van der Waals surface area contributed by atoms with Crippen LogP contribution >= 0.6 is 0 Å².